The number of halogens is 3. The second kappa shape index (κ2) is 19.0. The number of carbonyl (C=O) groups is 3. The number of carbonyl (C=O) groups excluding carboxylic acids is 3. The molecule has 0 bridgehead atoms. The summed E-state index contributed by atoms with van der Waals surface area (Å²) in [4.78, 5) is 48.7. The number of nitrogens with zero attached hydrogens (tertiary/aromatic N) is 6. The van der Waals surface area contributed by atoms with E-state index in [1.54, 1.807) is 53.4 Å². The zero-order chi connectivity index (χ0) is 37.9. The summed E-state index contributed by atoms with van der Waals surface area (Å²) in [5, 5.41) is 20.7. The molecule has 1 fully saturated rings. The number of imidazole rings is 1. The first-order valence-corrected chi connectivity index (χ1v) is 19.0. The third kappa shape index (κ3) is 10.4. The van der Waals surface area contributed by atoms with Crippen molar-refractivity contribution in [1.82, 2.24) is 45.7 Å². The van der Waals surface area contributed by atoms with Gasteiger partial charge in [0.15, 0.2) is 0 Å². The summed E-state index contributed by atoms with van der Waals surface area (Å²) in [6, 6.07) is 18.1. The Morgan fingerprint density at radius 1 is 1.02 bits per heavy atom. The van der Waals surface area contributed by atoms with Crippen molar-refractivity contribution in [3.63, 3.8) is 0 Å². The molecule has 2 aromatic heterocycles. The molecule has 6 rings (SSSR count). The highest BCUT2D eigenvalue weighted by atomic mass is 127. The van der Waals surface area contributed by atoms with E-state index >= 15 is 0 Å². The van der Waals surface area contributed by atoms with E-state index in [0.29, 0.717) is 82.1 Å². The molecular formula is C35H35Cl2IN10O6. The smallest absolute Gasteiger partial charge is 0.411 e. The average Bonchev–Trinajstić information content (AvgIpc) is 3.86. The predicted octanol–water partition coefficient (Wildman–Crippen LogP) is 5.57. The number of aromatic amines is 1. The molecule has 1 atom stereocenters. The van der Waals surface area contributed by atoms with Gasteiger partial charge in [-0.1, -0.05) is 70.1 Å². The SMILES string of the molecule is O=C(NCc1cc(Cl)ccc1-n1cnnn1)N[C@@H](Cc1cccc(C(=O)N2CCOCC2)c1)c1nc(-c2ccc(NC(=O)OCCOCI)cc2)c(Cl)[nH]1. The molecule has 0 aliphatic carbocycles. The third-order valence-corrected chi connectivity index (χ3v) is 9.19. The van der Waals surface area contributed by atoms with Crippen molar-refractivity contribution < 1.29 is 28.6 Å². The molecule has 4 amide bonds. The number of hydrogen-bond donors (Lipinski definition) is 4. The van der Waals surface area contributed by atoms with Crippen molar-refractivity contribution in [2.24, 2.45) is 0 Å². The summed E-state index contributed by atoms with van der Waals surface area (Å²) in [5.41, 5.74) is 4.24. The highest BCUT2D eigenvalue weighted by Gasteiger charge is 2.24. The summed E-state index contributed by atoms with van der Waals surface area (Å²) in [6.45, 7) is 2.53. The van der Waals surface area contributed by atoms with Crippen LogP contribution in [-0.4, -0.2) is 97.2 Å². The average molecular weight is 890 g/mol. The quantitative estimate of drug-likeness (QED) is 0.0623. The first-order valence-electron chi connectivity index (χ1n) is 16.7. The van der Waals surface area contributed by atoms with Crippen LogP contribution < -0.4 is 16.0 Å². The van der Waals surface area contributed by atoms with Gasteiger partial charge in [0.25, 0.3) is 5.91 Å². The third-order valence-electron chi connectivity index (χ3n) is 8.24. The molecule has 282 valence electrons. The number of ether oxygens (including phenoxy) is 3. The van der Waals surface area contributed by atoms with E-state index in [4.69, 9.17) is 42.4 Å². The lowest BCUT2D eigenvalue weighted by Gasteiger charge is -2.27. The van der Waals surface area contributed by atoms with Gasteiger partial charge in [-0.15, -0.1) is 5.10 Å². The van der Waals surface area contributed by atoms with Gasteiger partial charge < -0.3 is 34.7 Å². The maximum atomic E-state index is 13.5. The Bertz CT molecular complexity index is 2040. The van der Waals surface area contributed by atoms with Crippen LogP contribution in [0.4, 0.5) is 15.3 Å². The molecule has 19 heteroatoms. The van der Waals surface area contributed by atoms with Crippen molar-refractivity contribution >= 4 is 69.5 Å². The number of rotatable bonds is 14. The van der Waals surface area contributed by atoms with Gasteiger partial charge in [-0.05, 0) is 70.4 Å². The Morgan fingerprint density at radius 2 is 1.83 bits per heavy atom. The number of hydrogen-bond acceptors (Lipinski definition) is 10. The Morgan fingerprint density at radius 3 is 2.59 bits per heavy atom. The highest BCUT2D eigenvalue weighted by molar-refractivity contribution is 14.1. The maximum Gasteiger partial charge on any atom is 0.411 e. The number of amides is 4. The van der Waals surface area contributed by atoms with Crippen LogP contribution in [0.15, 0.2) is 73.1 Å². The lowest BCUT2D eigenvalue weighted by atomic mass is 10.0. The Labute approximate surface area is 333 Å². The standard InChI is InChI=1S/C35H35Cl2IN10O6/c36-26-6-9-29(48-21-40-45-46-48)25(18-26)19-39-34(50)42-28(17-22-2-1-3-24(16-22)33(49)47-10-12-52-13-11-47)32-43-30(31(37)44-32)23-4-7-27(8-5-23)41-35(51)54-15-14-53-20-38/h1-9,16,18,21,28H,10-15,17,19-20H2,(H,41,51)(H,43,44)(H2,39,42,50)/t28-/m0/s1. The van der Waals surface area contributed by atoms with E-state index < -0.39 is 18.2 Å². The van der Waals surface area contributed by atoms with Crippen LogP contribution in [0.2, 0.25) is 10.2 Å². The maximum absolute atomic E-state index is 13.5. The number of anilines is 1. The molecule has 0 unspecified atom stereocenters. The van der Waals surface area contributed by atoms with Gasteiger partial charge >= 0.3 is 12.1 Å². The predicted molar refractivity (Wildman–Crippen MR) is 208 cm³/mol. The summed E-state index contributed by atoms with van der Waals surface area (Å²) >= 11 is 15.1. The van der Waals surface area contributed by atoms with Crippen LogP contribution in [0.3, 0.4) is 0 Å². The molecule has 1 saturated heterocycles. The lowest BCUT2D eigenvalue weighted by molar-refractivity contribution is 0.0303. The Hall–Kier alpha value is -4.82. The first kappa shape index (κ1) is 38.9. The van der Waals surface area contributed by atoms with Gasteiger partial charge in [-0.3, -0.25) is 10.1 Å². The number of morpholine rings is 1. The minimum Gasteiger partial charge on any atom is -0.447 e. The number of tetrazole rings is 1. The minimum absolute atomic E-state index is 0.0953. The fourth-order valence-electron chi connectivity index (χ4n) is 5.65. The molecule has 1 aliphatic heterocycles. The summed E-state index contributed by atoms with van der Waals surface area (Å²) in [6.07, 6.45) is 1.11. The summed E-state index contributed by atoms with van der Waals surface area (Å²) < 4.78 is 17.7. The second-order valence-corrected chi connectivity index (χ2v) is 13.3. The number of alkyl halides is 1. The molecule has 0 radical (unpaired) electrons. The van der Waals surface area contributed by atoms with Crippen LogP contribution in [0.25, 0.3) is 16.9 Å². The van der Waals surface area contributed by atoms with Crippen LogP contribution >= 0.6 is 45.8 Å². The molecule has 1 aliphatic rings. The number of aromatic nitrogens is 6. The van der Waals surface area contributed by atoms with Gasteiger partial charge in [-0.2, -0.15) is 0 Å². The van der Waals surface area contributed by atoms with E-state index in [-0.39, 0.29) is 30.6 Å². The van der Waals surface area contributed by atoms with Gasteiger partial charge in [0.1, 0.15) is 29.6 Å². The molecule has 3 heterocycles. The fraction of sp³-hybridized carbons (Fsp3) is 0.286. The first-order chi connectivity index (χ1) is 26.3. The van der Waals surface area contributed by atoms with Crippen molar-refractivity contribution in [3.8, 4) is 16.9 Å². The van der Waals surface area contributed by atoms with Crippen molar-refractivity contribution in [2.45, 2.75) is 19.0 Å². The van der Waals surface area contributed by atoms with Crippen molar-refractivity contribution in [3.05, 3.63) is 106 Å². The van der Waals surface area contributed by atoms with Gasteiger partial charge in [-0.25, -0.2) is 19.3 Å². The molecule has 0 spiro atoms. The van der Waals surface area contributed by atoms with Gasteiger partial charge in [0, 0.05) is 41.5 Å². The van der Waals surface area contributed by atoms with E-state index in [9.17, 15) is 14.4 Å². The van der Waals surface area contributed by atoms with Crippen molar-refractivity contribution in [2.75, 3.05) is 49.4 Å². The molecule has 16 nitrogen and oxygen atoms in total. The van der Waals surface area contributed by atoms with E-state index in [1.807, 2.05) is 18.2 Å². The number of H-pyrrole nitrogens is 1. The second-order valence-electron chi connectivity index (χ2n) is 11.9. The zero-order valence-electron chi connectivity index (χ0n) is 28.6. The van der Waals surface area contributed by atoms with Gasteiger partial charge in [0.2, 0.25) is 0 Å². The van der Waals surface area contributed by atoms with E-state index in [0.717, 1.165) is 5.56 Å². The zero-order valence-corrected chi connectivity index (χ0v) is 32.3. The van der Waals surface area contributed by atoms with Crippen LogP contribution in [0.1, 0.15) is 33.4 Å². The Kier molecular flexibility index (Phi) is 13.7. The van der Waals surface area contributed by atoms with E-state index in [2.05, 4.69) is 59.1 Å². The normalized spacial score (nSPS) is 13.3. The summed E-state index contributed by atoms with van der Waals surface area (Å²) in [5.74, 6) is 0.286. The lowest BCUT2D eigenvalue weighted by Crippen LogP contribution is -2.40. The Balaban J connectivity index is 1.21. The van der Waals surface area contributed by atoms with Crippen LogP contribution in [0, 0.1) is 0 Å². The van der Waals surface area contributed by atoms with E-state index in [1.165, 1.54) is 11.0 Å². The highest BCUT2D eigenvalue weighted by Crippen LogP contribution is 2.30. The molecule has 4 N–H and O–H groups in total. The molecule has 0 saturated carbocycles. The monoisotopic (exact) mass is 888 g/mol. The molecular weight excluding hydrogens is 854 g/mol. The number of urea groups is 1. The molecule has 54 heavy (non-hydrogen) atoms. The minimum atomic E-state index is -0.713. The van der Waals surface area contributed by atoms with Crippen LogP contribution in [0.5, 0.6) is 0 Å². The fourth-order valence-corrected chi connectivity index (χ4v) is 6.40. The largest absolute Gasteiger partial charge is 0.447 e. The molecule has 3 aromatic carbocycles. The summed E-state index contributed by atoms with van der Waals surface area (Å²) in [7, 11) is 0. The number of nitrogens with one attached hydrogen (secondary N) is 4. The number of benzene rings is 3. The molecule has 5 aromatic rings. The topological polar surface area (TPSA) is 191 Å². The van der Waals surface area contributed by atoms with Gasteiger partial charge in [0.05, 0.1) is 36.2 Å². The van der Waals surface area contributed by atoms with Crippen molar-refractivity contribution in [1.29, 1.82) is 0 Å². The van der Waals surface area contributed by atoms with Crippen LogP contribution in [-0.2, 0) is 27.2 Å².